The molecule has 6 heteroatoms. The Morgan fingerprint density at radius 1 is 1.04 bits per heavy atom. The zero-order chi connectivity index (χ0) is 19.4. The van der Waals surface area contributed by atoms with Gasteiger partial charge in [0, 0.05) is 19.5 Å². The first kappa shape index (κ1) is 18.4. The van der Waals surface area contributed by atoms with E-state index in [9.17, 15) is 9.59 Å². The minimum atomic E-state index is -0.798. The van der Waals surface area contributed by atoms with Crippen LogP contribution in [0.5, 0.6) is 5.88 Å². The van der Waals surface area contributed by atoms with E-state index in [2.05, 4.69) is 10.3 Å². The quantitative estimate of drug-likeness (QED) is 0.757. The zero-order valence-corrected chi connectivity index (χ0v) is 15.5. The summed E-state index contributed by atoms with van der Waals surface area (Å²) >= 11 is 0. The number of ether oxygens (including phenoxy) is 1. The minimum Gasteiger partial charge on any atom is -0.481 e. The lowest BCUT2D eigenvalue weighted by Crippen LogP contribution is -2.40. The van der Waals surface area contributed by atoms with Crippen LogP contribution in [-0.2, 0) is 4.79 Å². The fraction of sp³-hybridized carbons (Fsp3) is 0.190. The molecule has 3 aromatic rings. The van der Waals surface area contributed by atoms with E-state index in [4.69, 9.17) is 4.74 Å². The summed E-state index contributed by atoms with van der Waals surface area (Å²) in [7, 11) is 4.82. The second kappa shape index (κ2) is 7.86. The van der Waals surface area contributed by atoms with Crippen LogP contribution in [-0.4, -0.2) is 42.9 Å². The van der Waals surface area contributed by atoms with Gasteiger partial charge in [-0.05, 0) is 23.1 Å². The van der Waals surface area contributed by atoms with E-state index in [1.807, 2.05) is 42.5 Å². The number of hydrogen-bond acceptors (Lipinski definition) is 4. The molecular weight excluding hydrogens is 342 g/mol. The summed E-state index contributed by atoms with van der Waals surface area (Å²) in [6.07, 6.45) is 0. The summed E-state index contributed by atoms with van der Waals surface area (Å²) in [5.41, 5.74) is 0.898. The van der Waals surface area contributed by atoms with E-state index in [0.717, 1.165) is 10.8 Å². The first-order chi connectivity index (χ1) is 13.0. The molecular formula is C21H21N3O3. The number of nitrogens with one attached hydrogen (secondary N) is 1. The lowest BCUT2D eigenvalue weighted by Gasteiger charge is -2.22. The lowest BCUT2D eigenvalue weighted by atomic mass is 10.1. The molecule has 1 atom stereocenters. The minimum absolute atomic E-state index is 0.193. The molecule has 27 heavy (non-hydrogen) atoms. The summed E-state index contributed by atoms with van der Waals surface area (Å²) in [6, 6.07) is 17.5. The molecule has 1 heterocycles. The Morgan fingerprint density at radius 2 is 1.70 bits per heavy atom. The molecule has 0 aliphatic rings. The van der Waals surface area contributed by atoms with E-state index >= 15 is 0 Å². The monoisotopic (exact) mass is 363 g/mol. The Kier molecular flexibility index (Phi) is 5.35. The van der Waals surface area contributed by atoms with Crippen LogP contribution in [0.15, 0.2) is 60.7 Å². The molecule has 138 valence electrons. The predicted molar refractivity (Wildman–Crippen MR) is 104 cm³/mol. The number of fused-ring (bicyclic) bond motifs is 1. The van der Waals surface area contributed by atoms with Crippen molar-refractivity contribution >= 4 is 22.6 Å². The number of pyridine rings is 1. The molecule has 3 rings (SSSR count). The van der Waals surface area contributed by atoms with Crippen molar-refractivity contribution < 1.29 is 14.3 Å². The van der Waals surface area contributed by atoms with E-state index in [-0.39, 0.29) is 11.6 Å². The van der Waals surface area contributed by atoms with Crippen molar-refractivity contribution in [3.63, 3.8) is 0 Å². The van der Waals surface area contributed by atoms with Crippen LogP contribution >= 0.6 is 0 Å². The van der Waals surface area contributed by atoms with Crippen molar-refractivity contribution in [3.05, 3.63) is 71.9 Å². The molecule has 0 spiro atoms. The van der Waals surface area contributed by atoms with Crippen molar-refractivity contribution in [2.24, 2.45) is 0 Å². The van der Waals surface area contributed by atoms with Crippen LogP contribution in [0.2, 0.25) is 0 Å². The summed E-state index contributed by atoms with van der Waals surface area (Å²) in [5, 5.41) is 4.46. The third-order valence-electron chi connectivity index (χ3n) is 4.23. The van der Waals surface area contributed by atoms with Crippen LogP contribution in [0.3, 0.4) is 0 Å². The number of benzene rings is 2. The number of methoxy groups -OCH3 is 1. The van der Waals surface area contributed by atoms with E-state index in [1.54, 1.807) is 32.3 Å². The molecule has 2 amide bonds. The van der Waals surface area contributed by atoms with Gasteiger partial charge in [0.1, 0.15) is 11.7 Å². The molecule has 0 aliphatic heterocycles. The molecule has 0 bridgehead atoms. The molecule has 2 aromatic carbocycles. The normalized spacial score (nSPS) is 11.7. The van der Waals surface area contributed by atoms with E-state index in [1.165, 1.54) is 12.0 Å². The fourth-order valence-corrected chi connectivity index (χ4v) is 2.84. The number of aromatic nitrogens is 1. The zero-order valence-electron chi connectivity index (χ0n) is 15.5. The Labute approximate surface area is 157 Å². The van der Waals surface area contributed by atoms with Gasteiger partial charge in [-0.3, -0.25) is 9.59 Å². The number of nitrogens with zero attached hydrogens (tertiary/aromatic N) is 2. The second-order valence-corrected chi connectivity index (χ2v) is 6.29. The standard InChI is InChI=1S/C21H21N3O3/c1-24(2)21(26)18(14-9-5-4-6-10-14)23-19(25)17-13-15-11-7-8-12-16(15)20(22-17)27-3/h4-13,18H,1-3H3,(H,23,25)/t18-/m1/s1. The summed E-state index contributed by atoms with van der Waals surface area (Å²) < 4.78 is 5.33. The number of carbonyl (C=O) groups is 2. The van der Waals surface area contributed by atoms with Gasteiger partial charge in [0.05, 0.1) is 7.11 Å². The Morgan fingerprint density at radius 3 is 2.37 bits per heavy atom. The van der Waals surface area contributed by atoms with Gasteiger partial charge in [-0.2, -0.15) is 0 Å². The highest BCUT2D eigenvalue weighted by Gasteiger charge is 2.25. The Bertz CT molecular complexity index is 971. The van der Waals surface area contributed by atoms with Gasteiger partial charge in [-0.25, -0.2) is 4.98 Å². The van der Waals surface area contributed by atoms with Gasteiger partial charge in [0.15, 0.2) is 0 Å². The molecule has 0 saturated carbocycles. The lowest BCUT2D eigenvalue weighted by molar-refractivity contribution is -0.130. The predicted octanol–water partition coefficient (Wildman–Crippen LogP) is 2.80. The third kappa shape index (κ3) is 3.89. The van der Waals surface area contributed by atoms with Crippen molar-refractivity contribution in [2.45, 2.75) is 6.04 Å². The maximum Gasteiger partial charge on any atom is 0.270 e. The highest BCUT2D eigenvalue weighted by atomic mass is 16.5. The number of carbonyl (C=O) groups excluding carboxylic acids is 2. The average Bonchev–Trinajstić information content (AvgIpc) is 2.71. The van der Waals surface area contributed by atoms with Crippen LogP contribution in [0.1, 0.15) is 22.1 Å². The summed E-state index contributed by atoms with van der Waals surface area (Å²) in [5.74, 6) is -0.293. The summed E-state index contributed by atoms with van der Waals surface area (Å²) in [4.78, 5) is 31.2. The molecule has 0 radical (unpaired) electrons. The number of hydrogen-bond donors (Lipinski definition) is 1. The first-order valence-electron chi connectivity index (χ1n) is 8.52. The van der Waals surface area contributed by atoms with Gasteiger partial charge in [-0.1, -0.05) is 48.5 Å². The van der Waals surface area contributed by atoms with Crippen LogP contribution < -0.4 is 10.1 Å². The second-order valence-electron chi connectivity index (χ2n) is 6.29. The molecule has 0 unspecified atom stereocenters. The van der Waals surface area contributed by atoms with Gasteiger partial charge in [0.2, 0.25) is 11.8 Å². The largest absolute Gasteiger partial charge is 0.481 e. The fourth-order valence-electron chi connectivity index (χ4n) is 2.84. The maximum absolute atomic E-state index is 12.9. The van der Waals surface area contributed by atoms with Gasteiger partial charge < -0.3 is 15.0 Å². The SMILES string of the molecule is COc1nc(C(=O)N[C@@H](C(=O)N(C)C)c2ccccc2)cc2ccccc12. The van der Waals surface area contributed by atoms with Crippen molar-refractivity contribution in [2.75, 3.05) is 21.2 Å². The number of amides is 2. The smallest absolute Gasteiger partial charge is 0.270 e. The average molecular weight is 363 g/mol. The van der Waals surface area contributed by atoms with Crippen molar-refractivity contribution in [1.82, 2.24) is 15.2 Å². The van der Waals surface area contributed by atoms with Crippen LogP contribution in [0.25, 0.3) is 10.8 Å². The molecule has 0 saturated heterocycles. The van der Waals surface area contributed by atoms with Crippen LogP contribution in [0.4, 0.5) is 0 Å². The van der Waals surface area contributed by atoms with Gasteiger partial charge >= 0.3 is 0 Å². The number of likely N-dealkylation sites (N-methyl/N-ethyl adjacent to an activating group) is 1. The van der Waals surface area contributed by atoms with E-state index < -0.39 is 11.9 Å². The van der Waals surface area contributed by atoms with Crippen molar-refractivity contribution in [1.29, 1.82) is 0 Å². The summed E-state index contributed by atoms with van der Waals surface area (Å²) in [6.45, 7) is 0. The molecule has 6 nitrogen and oxygen atoms in total. The van der Waals surface area contributed by atoms with Crippen molar-refractivity contribution in [3.8, 4) is 5.88 Å². The highest BCUT2D eigenvalue weighted by molar-refractivity contribution is 6.00. The first-order valence-corrected chi connectivity index (χ1v) is 8.52. The van der Waals surface area contributed by atoms with Gasteiger partial charge in [-0.15, -0.1) is 0 Å². The Hall–Kier alpha value is -3.41. The van der Waals surface area contributed by atoms with Gasteiger partial charge in [0.25, 0.3) is 5.91 Å². The number of rotatable bonds is 5. The van der Waals surface area contributed by atoms with E-state index in [0.29, 0.717) is 11.4 Å². The highest BCUT2D eigenvalue weighted by Crippen LogP contribution is 2.24. The topological polar surface area (TPSA) is 71.5 Å². The molecule has 1 aromatic heterocycles. The molecule has 0 aliphatic carbocycles. The molecule has 0 fully saturated rings. The third-order valence-corrected chi connectivity index (χ3v) is 4.23. The van der Waals surface area contributed by atoms with Crippen LogP contribution in [0, 0.1) is 0 Å². The Balaban J connectivity index is 1.96. The molecule has 1 N–H and O–H groups in total. The maximum atomic E-state index is 12.9.